The number of allylic oxidation sites excluding steroid dienone is 1. The third kappa shape index (κ3) is 2.24. The first-order chi connectivity index (χ1) is 7.66. The minimum atomic E-state index is -0.155. The van der Waals surface area contributed by atoms with E-state index < -0.39 is 0 Å². The van der Waals surface area contributed by atoms with Crippen LogP contribution in [0, 0.1) is 0 Å². The fraction of sp³-hybridized carbons (Fsp3) is 0.308. The molecule has 1 fully saturated rings. The SMILES string of the molecule is O=C1CCCC/C1=C/c1ccc(O)c(O)c1. The molecular formula is C13H14O3. The summed E-state index contributed by atoms with van der Waals surface area (Å²) >= 11 is 0. The van der Waals surface area contributed by atoms with E-state index in [1.807, 2.05) is 0 Å². The Morgan fingerprint density at radius 1 is 1.06 bits per heavy atom. The molecule has 0 amide bonds. The van der Waals surface area contributed by atoms with Gasteiger partial charge in [0.25, 0.3) is 0 Å². The van der Waals surface area contributed by atoms with Gasteiger partial charge in [0.15, 0.2) is 17.3 Å². The van der Waals surface area contributed by atoms with Crippen molar-refractivity contribution < 1.29 is 15.0 Å². The van der Waals surface area contributed by atoms with Gasteiger partial charge in [-0.1, -0.05) is 6.07 Å². The summed E-state index contributed by atoms with van der Waals surface area (Å²) in [4.78, 5) is 11.6. The predicted molar refractivity (Wildman–Crippen MR) is 61.2 cm³/mol. The number of carbonyl (C=O) groups excluding carboxylic acids is 1. The van der Waals surface area contributed by atoms with Gasteiger partial charge in [-0.05, 0) is 48.6 Å². The van der Waals surface area contributed by atoms with Crippen molar-refractivity contribution in [2.75, 3.05) is 0 Å². The Hall–Kier alpha value is -1.77. The van der Waals surface area contributed by atoms with E-state index in [9.17, 15) is 9.90 Å². The molecule has 3 heteroatoms. The highest BCUT2D eigenvalue weighted by atomic mass is 16.3. The first kappa shape index (κ1) is 10.7. The van der Waals surface area contributed by atoms with Crippen LogP contribution in [-0.2, 0) is 4.79 Å². The van der Waals surface area contributed by atoms with Crippen molar-refractivity contribution in [3.63, 3.8) is 0 Å². The van der Waals surface area contributed by atoms with E-state index in [4.69, 9.17) is 5.11 Å². The second kappa shape index (κ2) is 4.39. The van der Waals surface area contributed by atoms with Gasteiger partial charge in [0.05, 0.1) is 0 Å². The monoisotopic (exact) mass is 218 g/mol. The van der Waals surface area contributed by atoms with Crippen molar-refractivity contribution in [3.8, 4) is 11.5 Å². The fourth-order valence-electron chi connectivity index (χ4n) is 1.89. The number of benzene rings is 1. The van der Waals surface area contributed by atoms with E-state index in [2.05, 4.69) is 0 Å². The number of phenols is 2. The molecule has 0 unspecified atom stereocenters. The zero-order valence-corrected chi connectivity index (χ0v) is 8.94. The molecule has 0 radical (unpaired) electrons. The molecule has 1 aliphatic rings. The molecule has 16 heavy (non-hydrogen) atoms. The number of hydrogen-bond donors (Lipinski definition) is 2. The van der Waals surface area contributed by atoms with Crippen molar-refractivity contribution in [3.05, 3.63) is 29.3 Å². The smallest absolute Gasteiger partial charge is 0.158 e. The lowest BCUT2D eigenvalue weighted by molar-refractivity contribution is -0.116. The van der Waals surface area contributed by atoms with Crippen LogP contribution in [0.3, 0.4) is 0 Å². The lowest BCUT2D eigenvalue weighted by Crippen LogP contribution is -2.07. The number of phenolic OH excluding ortho intramolecular Hbond substituents is 2. The van der Waals surface area contributed by atoms with E-state index >= 15 is 0 Å². The predicted octanol–water partition coefficient (Wildman–Crippen LogP) is 2.62. The van der Waals surface area contributed by atoms with Crippen LogP contribution in [-0.4, -0.2) is 16.0 Å². The molecule has 0 spiro atoms. The molecule has 0 aliphatic heterocycles. The van der Waals surface area contributed by atoms with Gasteiger partial charge in [0.2, 0.25) is 0 Å². The summed E-state index contributed by atoms with van der Waals surface area (Å²) in [5, 5.41) is 18.5. The maximum Gasteiger partial charge on any atom is 0.158 e. The number of hydrogen-bond acceptors (Lipinski definition) is 3. The van der Waals surface area contributed by atoms with E-state index in [1.165, 1.54) is 12.1 Å². The van der Waals surface area contributed by atoms with Gasteiger partial charge in [-0.3, -0.25) is 4.79 Å². The Labute approximate surface area is 94.0 Å². The zero-order valence-electron chi connectivity index (χ0n) is 8.94. The van der Waals surface area contributed by atoms with Crippen molar-refractivity contribution in [2.45, 2.75) is 25.7 Å². The van der Waals surface area contributed by atoms with Crippen LogP contribution in [0.25, 0.3) is 6.08 Å². The lowest BCUT2D eigenvalue weighted by atomic mass is 9.92. The molecule has 1 aromatic carbocycles. The first-order valence-corrected chi connectivity index (χ1v) is 5.42. The summed E-state index contributed by atoms with van der Waals surface area (Å²) in [7, 11) is 0. The van der Waals surface area contributed by atoms with Crippen LogP contribution >= 0.6 is 0 Å². The molecule has 1 saturated carbocycles. The van der Waals surface area contributed by atoms with E-state index in [1.54, 1.807) is 12.1 Å². The van der Waals surface area contributed by atoms with E-state index in [0.29, 0.717) is 6.42 Å². The average molecular weight is 218 g/mol. The Morgan fingerprint density at radius 2 is 1.81 bits per heavy atom. The maximum atomic E-state index is 11.6. The summed E-state index contributed by atoms with van der Waals surface area (Å²) < 4.78 is 0. The molecule has 2 rings (SSSR count). The zero-order chi connectivity index (χ0) is 11.5. The Kier molecular flexibility index (Phi) is 2.95. The largest absolute Gasteiger partial charge is 0.504 e. The Morgan fingerprint density at radius 3 is 2.50 bits per heavy atom. The van der Waals surface area contributed by atoms with Gasteiger partial charge >= 0.3 is 0 Å². The number of carbonyl (C=O) groups is 1. The second-order valence-corrected chi connectivity index (χ2v) is 4.05. The van der Waals surface area contributed by atoms with Gasteiger partial charge in [-0.2, -0.15) is 0 Å². The van der Waals surface area contributed by atoms with Crippen LogP contribution in [0.15, 0.2) is 23.8 Å². The van der Waals surface area contributed by atoms with Gasteiger partial charge in [0, 0.05) is 6.42 Å². The third-order valence-electron chi connectivity index (χ3n) is 2.80. The third-order valence-corrected chi connectivity index (χ3v) is 2.80. The molecule has 3 nitrogen and oxygen atoms in total. The van der Waals surface area contributed by atoms with Crippen LogP contribution in [0.5, 0.6) is 11.5 Å². The topological polar surface area (TPSA) is 57.5 Å². The molecule has 0 atom stereocenters. The highest BCUT2D eigenvalue weighted by Gasteiger charge is 2.14. The van der Waals surface area contributed by atoms with E-state index in [-0.39, 0.29) is 17.3 Å². The van der Waals surface area contributed by atoms with Crippen LogP contribution in [0.1, 0.15) is 31.2 Å². The number of aromatic hydroxyl groups is 2. The number of Topliss-reactive ketones (excluding diaryl/α,β-unsaturated/α-hetero) is 1. The van der Waals surface area contributed by atoms with Gasteiger partial charge in [0.1, 0.15) is 0 Å². The standard InChI is InChI=1S/C13H14O3/c14-11-4-2-1-3-10(11)7-9-5-6-12(15)13(16)8-9/h5-8,15-16H,1-4H2/b10-7-. The van der Waals surface area contributed by atoms with Crippen molar-refractivity contribution in [2.24, 2.45) is 0 Å². The van der Waals surface area contributed by atoms with Crippen molar-refractivity contribution in [1.29, 1.82) is 0 Å². The van der Waals surface area contributed by atoms with E-state index in [0.717, 1.165) is 30.4 Å². The lowest BCUT2D eigenvalue weighted by Gasteiger charge is -2.12. The average Bonchev–Trinajstić information content (AvgIpc) is 2.27. The van der Waals surface area contributed by atoms with Crippen molar-refractivity contribution in [1.82, 2.24) is 0 Å². The second-order valence-electron chi connectivity index (χ2n) is 4.05. The summed E-state index contributed by atoms with van der Waals surface area (Å²) in [6.45, 7) is 0. The fourth-order valence-corrected chi connectivity index (χ4v) is 1.89. The molecule has 0 bridgehead atoms. The summed E-state index contributed by atoms with van der Waals surface area (Å²) in [6.07, 6.45) is 5.23. The first-order valence-electron chi connectivity index (χ1n) is 5.42. The molecule has 2 N–H and O–H groups in total. The summed E-state index contributed by atoms with van der Waals surface area (Å²) in [6, 6.07) is 4.57. The van der Waals surface area contributed by atoms with Gasteiger partial charge in [-0.25, -0.2) is 0 Å². The van der Waals surface area contributed by atoms with Crippen LogP contribution in [0.2, 0.25) is 0 Å². The van der Waals surface area contributed by atoms with Crippen molar-refractivity contribution >= 4 is 11.9 Å². The molecule has 0 aromatic heterocycles. The molecule has 84 valence electrons. The molecule has 1 aliphatic carbocycles. The number of ketones is 1. The van der Waals surface area contributed by atoms with Gasteiger partial charge in [-0.15, -0.1) is 0 Å². The van der Waals surface area contributed by atoms with Crippen LogP contribution < -0.4 is 0 Å². The highest BCUT2D eigenvalue weighted by Crippen LogP contribution is 2.28. The summed E-state index contributed by atoms with van der Waals surface area (Å²) in [5.74, 6) is -0.103. The highest BCUT2D eigenvalue weighted by molar-refractivity contribution is 6.00. The maximum absolute atomic E-state index is 11.6. The minimum Gasteiger partial charge on any atom is -0.504 e. The normalized spacial score (nSPS) is 19.0. The molecule has 0 saturated heterocycles. The van der Waals surface area contributed by atoms with Crippen LogP contribution in [0.4, 0.5) is 0 Å². The molecular weight excluding hydrogens is 204 g/mol. The Bertz CT molecular complexity index is 446. The minimum absolute atomic E-state index is 0.142. The number of rotatable bonds is 1. The quantitative estimate of drug-likeness (QED) is 0.562. The molecule has 0 heterocycles. The molecule has 1 aromatic rings. The Balaban J connectivity index is 2.27. The van der Waals surface area contributed by atoms with Gasteiger partial charge < -0.3 is 10.2 Å². The summed E-state index contributed by atoms with van der Waals surface area (Å²) in [5.41, 5.74) is 1.57.